The van der Waals surface area contributed by atoms with Crippen molar-refractivity contribution in [3.63, 3.8) is 0 Å². The Kier molecular flexibility index (Phi) is 8.96. The molecule has 1 amide bonds. The third kappa shape index (κ3) is 8.59. The summed E-state index contributed by atoms with van der Waals surface area (Å²) in [6, 6.07) is 7.01. The van der Waals surface area contributed by atoms with Gasteiger partial charge in [0.15, 0.2) is 0 Å². The van der Waals surface area contributed by atoms with Crippen LogP contribution < -0.4 is 10.1 Å². The number of nitrogens with one attached hydrogen (secondary N) is 1. The summed E-state index contributed by atoms with van der Waals surface area (Å²) in [5.41, 5.74) is 1.29. The number of benzene rings is 1. The Morgan fingerprint density at radius 2 is 1.96 bits per heavy atom. The fourth-order valence-electron chi connectivity index (χ4n) is 1.56. The zero-order chi connectivity index (χ0) is 17.9. The molecule has 6 nitrogen and oxygen atoms in total. The second-order valence-corrected chi connectivity index (χ2v) is 6.12. The molecule has 1 aromatic carbocycles. The van der Waals surface area contributed by atoms with Crippen LogP contribution in [0, 0.1) is 0 Å². The largest absolute Gasteiger partial charge is 0.460 e. The van der Waals surface area contributed by atoms with E-state index in [1.807, 2.05) is 19.1 Å². The molecule has 0 bridgehead atoms. The van der Waals surface area contributed by atoms with E-state index in [1.165, 1.54) is 0 Å². The number of thiol groups is 1. The van der Waals surface area contributed by atoms with Crippen molar-refractivity contribution in [1.82, 2.24) is 5.32 Å². The van der Waals surface area contributed by atoms with Crippen LogP contribution in [0.25, 0.3) is 0 Å². The molecule has 24 heavy (non-hydrogen) atoms. The quantitative estimate of drug-likeness (QED) is 0.309. The average molecular weight is 353 g/mol. The number of amides is 1. The standard InChI is InChI=1S/C17H23NO5S/c1-12(2)16(19)22-9-8-18-17(20)23-15-6-4-14(5-7-15)11-21-10-13(3)24/h4-7,13,24H,1,8-11H2,2-3H3,(H,18,20). The normalized spacial score (nSPS) is 11.5. The molecule has 0 aliphatic rings. The predicted octanol–water partition coefficient (Wildman–Crippen LogP) is 2.73. The van der Waals surface area contributed by atoms with E-state index >= 15 is 0 Å². The molecule has 0 fully saturated rings. The number of carbonyl (C=O) groups is 2. The Morgan fingerprint density at radius 3 is 2.54 bits per heavy atom. The molecule has 0 spiro atoms. The fourth-order valence-corrected chi connectivity index (χ4v) is 1.67. The van der Waals surface area contributed by atoms with Crippen LogP contribution in [0.4, 0.5) is 4.79 Å². The number of hydrogen-bond acceptors (Lipinski definition) is 6. The lowest BCUT2D eigenvalue weighted by molar-refractivity contribution is -0.138. The van der Waals surface area contributed by atoms with Crippen molar-refractivity contribution in [3.8, 4) is 5.75 Å². The van der Waals surface area contributed by atoms with Gasteiger partial charge in [0, 0.05) is 10.8 Å². The van der Waals surface area contributed by atoms with Gasteiger partial charge in [0.25, 0.3) is 0 Å². The molecule has 0 aliphatic heterocycles. The Bertz CT molecular complexity index is 557. The van der Waals surface area contributed by atoms with E-state index in [-0.39, 0.29) is 18.4 Å². The molecular formula is C17H23NO5S. The van der Waals surface area contributed by atoms with Gasteiger partial charge in [-0.1, -0.05) is 25.6 Å². The number of esters is 1. The topological polar surface area (TPSA) is 73.9 Å². The second kappa shape index (κ2) is 10.7. The lowest BCUT2D eigenvalue weighted by Crippen LogP contribution is -2.30. The van der Waals surface area contributed by atoms with Crippen LogP contribution >= 0.6 is 12.6 Å². The Hall–Kier alpha value is -1.99. The highest BCUT2D eigenvalue weighted by Crippen LogP contribution is 2.13. The highest BCUT2D eigenvalue weighted by Gasteiger charge is 2.06. The van der Waals surface area contributed by atoms with Crippen LogP contribution in [-0.2, 0) is 20.9 Å². The number of carbonyl (C=O) groups excluding carboxylic acids is 2. The molecule has 1 atom stereocenters. The summed E-state index contributed by atoms with van der Waals surface area (Å²) in [6.45, 7) is 8.23. The van der Waals surface area contributed by atoms with Crippen LogP contribution in [0.3, 0.4) is 0 Å². The van der Waals surface area contributed by atoms with Gasteiger partial charge in [-0.25, -0.2) is 9.59 Å². The summed E-state index contributed by atoms with van der Waals surface area (Å²) < 4.78 is 15.4. The zero-order valence-electron chi connectivity index (χ0n) is 13.9. The lowest BCUT2D eigenvalue weighted by atomic mass is 10.2. The number of hydrogen-bond donors (Lipinski definition) is 2. The van der Waals surface area contributed by atoms with E-state index in [1.54, 1.807) is 19.1 Å². The molecule has 0 heterocycles. The van der Waals surface area contributed by atoms with Gasteiger partial charge in [-0.05, 0) is 24.6 Å². The van der Waals surface area contributed by atoms with Gasteiger partial charge in [0.05, 0.1) is 19.8 Å². The predicted molar refractivity (Wildman–Crippen MR) is 94.3 cm³/mol. The molecule has 1 aromatic rings. The van der Waals surface area contributed by atoms with E-state index in [0.29, 0.717) is 24.5 Å². The maximum absolute atomic E-state index is 11.6. The molecule has 0 aromatic heterocycles. The van der Waals surface area contributed by atoms with E-state index in [0.717, 1.165) is 5.56 Å². The summed E-state index contributed by atoms with van der Waals surface area (Å²) in [5, 5.41) is 2.67. The molecule has 0 aliphatic carbocycles. The molecule has 0 radical (unpaired) electrons. The Morgan fingerprint density at radius 1 is 1.29 bits per heavy atom. The van der Waals surface area contributed by atoms with Gasteiger partial charge >= 0.3 is 12.1 Å². The second-order valence-electron chi connectivity index (χ2n) is 5.24. The third-order valence-corrected chi connectivity index (χ3v) is 2.86. The van der Waals surface area contributed by atoms with Crippen LogP contribution in [0.2, 0.25) is 0 Å². The minimum atomic E-state index is -0.616. The van der Waals surface area contributed by atoms with Crippen molar-refractivity contribution in [2.45, 2.75) is 25.7 Å². The minimum absolute atomic E-state index is 0.0562. The zero-order valence-corrected chi connectivity index (χ0v) is 14.8. The molecular weight excluding hydrogens is 330 g/mol. The SMILES string of the molecule is C=C(C)C(=O)OCCNC(=O)Oc1ccc(COCC(C)S)cc1. The molecule has 0 saturated heterocycles. The van der Waals surface area contributed by atoms with Gasteiger partial charge in [-0.15, -0.1) is 0 Å². The first-order chi connectivity index (χ1) is 11.4. The number of ether oxygens (including phenoxy) is 3. The van der Waals surface area contributed by atoms with Crippen molar-refractivity contribution in [2.75, 3.05) is 19.8 Å². The fraction of sp³-hybridized carbons (Fsp3) is 0.412. The van der Waals surface area contributed by atoms with Crippen molar-refractivity contribution >= 4 is 24.7 Å². The van der Waals surface area contributed by atoms with Crippen LogP contribution in [0.1, 0.15) is 19.4 Å². The van der Waals surface area contributed by atoms with Crippen molar-refractivity contribution in [1.29, 1.82) is 0 Å². The monoisotopic (exact) mass is 353 g/mol. The lowest BCUT2D eigenvalue weighted by Gasteiger charge is -2.09. The maximum atomic E-state index is 11.6. The molecule has 132 valence electrons. The van der Waals surface area contributed by atoms with Gasteiger partial charge in [-0.3, -0.25) is 0 Å². The minimum Gasteiger partial charge on any atom is -0.460 e. The summed E-state index contributed by atoms with van der Waals surface area (Å²) in [4.78, 5) is 22.7. The van der Waals surface area contributed by atoms with E-state index < -0.39 is 12.1 Å². The average Bonchev–Trinajstić information content (AvgIpc) is 2.52. The van der Waals surface area contributed by atoms with Gasteiger partial charge in [0.2, 0.25) is 0 Å². The molecule has 1 unspecified atom stereocenters. The van der Waals surface area contributed by atoms with Crippen LogP contribution in [0.5, 0.6) is 5.75 Å². The highest BCUT2D eigenvalue weighted by molar-refractivity contribution is 7.80. The molecule has 1 N–H and O–H groups in total. The molecule has 1 rings (SSSR count). The van der Waals surface area contributed by atoms with Gasteiger partial charge in [0.1, 0.15) is 12.4 Å². The van der Waals surface area contributed by atoms with E-state index in [4.69, 9.17) is 14.2 Å². The number of rotatable bonds is 9. The van der Waals surface area contributed by atoms with E-state index in [9.17, 15) is 9.59 Å². The highest BCUT2D eigenvalue weighted by atomic mass is 32.1. The molecule has 0 saturated carbocycles. The summed E-state index contributed by atoms with van der Waals surface area (Å²) >= 11 is 4.23. The van der Waals surface area contributed by atoms with Crippen LogP contribution in [-0.4, -0.2) is 37.1 Å². The maximum Gasteiger partial charge on any atom is 0.412 e. The summed E-state index contributed by atoms with van der Waals surface area (Å²) in [6.07, 6.45) is -0.616. The van der Waals surface area contributed by atoms with Crippen LogP contribution in [0.15, 0.2) is 36.4 Å². The molecule has 7 heteroatoms. The summed E-state index contributed by atoms with van der Waals surface area (Å²) in [5.74, 6) is -0.0759. The van der Waals surface area contributed by atoms with Crippen molar-refractivity contribution < 1.29 is 23.8 Å². The Labute approximate surface area is 147 Å². The first-order valence-corrected chi connectivity index (χ1v) is 8.03. The van der Waals surface area contributed by atoms with Gasteiger partial charge < -0.3 is 19.5 Å². The van der Waals surface area contributed by atoms with Gasteiger partial charge in [-0.2, -0.15) is 12.6 Å². The first kappa shape index (κ1) is 20.1. The smallest absolute Gasteiger partial charge is 0.412 e. The van der Waals surface area contributed by atoms with E-state index in [2.05, 4.69) is 24.5 Å². The Balaban J connectivity index is 2.26. The third-order valence-electron chi connectivity index (χ3n) is 2.71. The summed E-state index contributed by atoms with van der Waals surface area (Å²) in [7, 11) is 0. The first-order valence-electron chi connectivity index (χ1n) is 7.51. The van der Waals surface area contributed by atoms with Crippen molar-refractivity contribution in [2.24, 2.45) is 0 Å². The van der Waals surface area contributed by atoms with Crippen molar-refractivity contribution in [3.05, 3.63) is 42.0 Å².